The van der Waals surface area contributed by atoms with Crippen molar-refractivity contribution in [3.63, 3.8) is 0 Å². The first-order chi connectivity index (χ1) is 12.6. The molecule has 3 rings (SSSR count). The minimum atomic E-state index is -0.233. The predicted molar refractivity (Wildman–Crippen MR) is 103 cm³/mol. The molecular formula is C18H21N7O. The number of aromatic nitrogens is 4. The molecule has 1 amide bonds. The van der Waals surface area contributed by atoms with E-state index in [1.807, 2.05) is 43.3 Å². The van der Waals surface area contributed by atoms with Gasteiger partial charge in [-0.25, -0.2) is 9.97 Å². The number of rotatable bonds is 6. The number of anilines is 2. The molecule has 0 saturated carbocycles. The number of nitrogen functional groups attached to an aromatic ring is 1. The number of aromatic amines is 1. The Labute approximate surface area is 151 Å². The topological polar surface area (TPSA) is 122 Å². The van der Waals surface area contributed by atoms with E-state index in [0.717, 1.165) is 16.6 Å². The third kappa shape index (κ3) is 3.97. The lowest BCUT2D eigenvalue weighted by Crippen LogP contribution is -2.32. The van der Waals surface area contributed by atoms with Gasteiger partial charge in [0.25, 0.3) is 5.91 Å². The Morgan fingerprint density at radius 3 is 2.88 bits per heavy atom. The number of nitrogens with one attached hydrogen (secondary N) is 3. The largest absolute Gasteiger partial charge is 0.383 e. The summed E-state index contributed by atoms with van der Waals surface area (Å²) in [7, 11) is 1.73. The van der Waals surface area contributed by atoms with E-state index in [-0.39, 0.29) is 11.9 Å². The number of amides is 1. The van der Waals surface area contributed by atoms with E-state index in [0.29, 0.717) is 24.0 Å². The summed E-state index contributed by atoms with van der Waals surface area (Å²) in [6.07, 6.45) is 6.07. The second-order valence-electron chi connectivity index (χ2n) is 5.90. The van der Waals surface area contributed by atoms with Gasteiger partial charge in [-0.2, -0.15) is 4.98 Å². The molecule has 8 heteroatoms. The summed E-state index contributed by atoms with van der Waals surface area (Å²) < 4.78 is 0. The maximum Gasteiger partial charge on any atom is 0.287 e. The molecule has 0 radical (unpaired) electrons. The van der Waals surface area contributed by atoms with E-state index in [1.165, 1.54) is 0 Å². The van der Waals surface area contributed by atoms with Crippen LogP contribution in [0.25, 0.3) is 17.1 Å². The molecule has 1 aromatic carbocycles. The summed E-state index contributed by atoms with van der Waals surface area (Å²) in [4.78, 5) is 27.9. The number of fused-ring (bicyclic) bond motifs is 1. The number of benzene rings is 1. The molecule has 8 nitrogen and oxygen atoms in total. The number of carbonyl (C=O) groups excluding carboxylic acids is 1. The minimum absolute atomic E-state index is 0.0642. The molecule has 2 aromatic heterocycles. The molecule has 2 heterocycles. The molecule has 0 aliphatic heterocycles. The molecule has 5 N–H and O–H groups in total. The normalized spacial score (nSPS) is 12.4. The Bertz CT molecular complexity index is 915. The summed E-state index contributed by atoms with van der Waals surface area (Å²) in [5, 5.41) is 5.75. The van der Waals surface area contributed by atoms with Gasteiger partial charge < -0.3 is 21.4 Å². The molecule has 3 aromatic rings. The third-order valence-corrected chi connectivity index (χ3v) is 3.84. The van der Waals surface area contributed by atoms with Crippen LogP contribution in [0, 0.1) is 0 Å². The van der Waals surface area contributed by atoms with Crippen LogP contribution < -0.4 is 16.4 Å². The fraction of sp³-hybridized carbons (Fsp3) is 0.222. The van der Waals surface area contributed by atoms with Crippen molar-refractivity contribution in [1.82, 2.24) is 25.3 Å². The van der Waals surface area contributed by atoms with E-state index in [4.69, 9.17) is 5.73 Å². The lowest BCUT2D eigenvalue weighted by atomic mass is 10.2. The second-order valence-corrected chi connectivity index (χ2v) is 5.90. The zero-order valence-electron chi connectivity index (χ0n) is 14.7. The highest BCUT2D eigenvalue weighted by molar-refractivity contribution is 5.94. The zero-order chi connectivity index (χ0) is 18.5. The van der Waals surface area contributed by atoms with E-state index in [9.17, 15) is 4.79 Å². The van der Waals surface area contributed by atoms with Gasteiger partial charge in [0.2, 0.25) is 5.95 Å². The monoisotopic (exact) mass is 351 g/mol. The SMILES string of the molecule is CNc1ncc(/C=C/C[C@H](C)NC(=O)c2nc3ccccc3[nH]2)c(N)n1. The molecule has 0 unspecified atom stereocenters. The van der Waals surface area contributed by atoms with Crippen LogP contribution in [0.1, 0.15) is 29.5 Å². The smallest absolute Gasteiger partial charge is 0.287 e. The van der Waals surface area contributed by atoms with Gasteiger partial charge >= 0.3 is 0 Å². The lowest BCUT2D eigenvalue weighted by molar-refractivity contribution is 0.0931. The maximum absolute atomic E-state index is 12.3. The van der Waals surface area contributed by atoms with Crippen molar-refractivity contribution in [2.45, 2.75) is 19.4 Å². The number of hydrogen-bond acceptors (Lipinski definition) is 6. The van der Waals surface area contributed by atoms with Gasteiger partial charge in [0.15, 0.2) is 5.82 Å². The first kappa shape index (κ1) is 17.4. The Hall–Kier alpha value is -3.42. The van der Waals surface area contributed by atoms with E-state index < -0.39 is 0 Å². The highest BCUT2D eigenvalue weighted by Crippen LogP contribution is 2.13. The van der Waals surface area contributed by atoms with Crippen LogP contribution in [-0.4, -0.2) is 38.9 Å². The average molecular weight is 351 g/mol. The first-order valence-electron chi connectivity index (χ1n) is 8.29. The summed E-state index contributed by atoms with van der Waals surface area (Å²) in [5.41, 5.74) is 8.23. The minimum Gasteiger partial charge on any atom is -0.383 e. The van der Waals surface area contributed by atoms with Crippen LogP contribution in [-0.2, 0) is 0 Å². The Morgan fingerprint density at radius 2 is 2.15 bits per heavy atom. The van der Waals surface area contributed by atoms with Crippen LogP contribution in [0.3, 0.4) is 0 Å². The molecule has 134 valence electrons. The van der Waals surface area contributed by atoms with Gasteiger partial charge in [0.1, 0.15) is 5.82 Å². The molecule has 0 fully saturated rings. The fourth-order valence-electron chi connectivity index (χ4n) is 2.46. The fourth-order valence-corrected chi connectivity index (χ4v) is 2.46. The molecule has 0 saturated heterocycles. The number of hydrogen-bond donors (Lipinski definition) is 4. The summed E-state index contributed by atoms with van der Waals surface area (Å²) >= 11 is 0. The Balaban J connectivity index is 1.58. The van der Waals surface area contributed by atoms with Crippen LogP contribution in [0.5, 0.6) is 0 Å². The first-order valence-corrected chi connectivity index (χ1v) is 8.29. The van der Waals surface area contributed by atoms with Crippen molar-refractivity contribution < 1.29 is 4.79 Å². The van der Waals surface area contributed by atoms with Crippen LogP contribution in [0.4, 0.5) is 11.8 Å². The highest BCUT2D eigenvalue weighted by Gasteiger charge is 2.13. The second kappa shape index (κ2) is 7.64. The maximum atomic E-state index is 12.3. The molecule has 0 spiro atoms. The van der Waals surface area contributed by atoms with Crippen LogP contribution >= 0.6 is 0 Å². The quantitative estimate of drug-likeness (QED) is 0.540. The summed E-state index contributed by atoms with van der Waals surface area (Å²) in [5.74, 6) is 0.955. The van der Waals surface area contributed by atoms with Crippen molar-refractivity contribution in [2.75, 3.05) is 18.1 Å². The van der Waals surface area contributed by atoms with E-state index in [2.05, 4.69) is 30.6 Å². The van der Waals surface area contributed by atoms with Gasteiger partial charge in [-0.05, 0) is 25.5 Å². The standard InChI is InChI=1S/C18H21N7O/c1-11(6-5-7-12-10-21-18(20-2)25-15(12)19)22-17(26)16-23-13-8-3-4-9-14(13)24-16/h3-5,7-11H,6H2,1-2H3,(H,22,26)(H,23,24)(H3,19,20,21,25)/b7-5+/t11-/m0/s1. The predicted octanol–water partition coefficient (Wildman–Crippen LogP) is 2.20. The molecule has 0 bridgehead atoms. The van der Waals surface area contributed by atoms with Crippen molar-refractivity contribution in [3.05, 3.63) is 47.9 Å². The number of carbonyl (C=O) groups is 1. The van der Waals surface area contributed by atoms with E-state index >= 15 is 0 Å². The average Bonchev–Trinajstić information content (AvgIpc) is 3.07. The Kier molecular flexibility index (Phi) is 5.12. The number of imidazole rings is 1. The zero-order valence-corrected chi connectivity index (χ0v) is 14.7. The molecule has 26 heavy (non-hydrogen) atoms. The van der Waals surface area contributed by atoms with E-state index in [1.54, 1.807) is 13.2 Å². The molecular weight excluding hydrogens is 330 g/mol. The van der Waals surface area contributed by atoms with Crippen molar-refractivity contribution in [3.8, 4) is 0 Å². The summed E-state index contributed by atoms with van der Waals surface area (Å²) in [6, 6.07) is 7.47. The number of nitrogens with two attached hydrogens (primary N) is 1. The summed E-state index contributed by atoms with van der Waals surface area (Å²) in [6.45, 7) is 1.93. The van der Waals surface area contributed by atoms with Gasteiger partial charge in [-0.3, -0.25) is 4.79 Å². The lowest BCUT2D eigenvalue weighted by Gasteiger charge is -2.10. The molecule has 0 aliphatic rings. The number of nitrogens with zero attached hydrogens (tertiary/aromatic N) is 3. The Morgan fingerprint density at radius 1 is 1.35 bits per heavy atom. The van der Waals surface area contributed by atoms with Crippen LogP contribution in [0.2, 0.25) is 0 Å². The van der Waals surface area contributed by atoms with Crippen molar-refractivity contribution in [2.24, 2.45) is 0 Å². The molecule has 1 atom stereocenters. The van der Waals surface area contributed by atoms with Gasteiger partial charge in [0.05, 0.1) is 11.0 Å². The van der Waals surface area contributed by atoms with Gasteiger partial charge in [-0.1, -0.05) is 24.3 Å². The molecule has 0 aliphatic carbocycles. The number of para-hydroxylation sites is 2. The number of H-pyrrole nitrogens is 1. The third-order valence-electron chi connectivity index (χ3n) is 3.84. The van der Waals surface area contributed by atoms with Gasteiger partial charge in [0, 0.05) is 24.8 Å². The highest BCUT2D eigenvalue weighted by atomic mass is 16.2. The van der Waals surface area contributed by atoms with Crippen LogP contribution in [0.15, 0.2) is 36.5 Å². The van der Waals surface area contributed by atoms with Crippen molar-refractivity contribution >= 4 is 34.8 Å². The van der Waals surface area contributed by atoms with Crippen molar-refractivity contribution in [1.29, 1.82) is 0 Å². The van der Waals surface area contributed by atoms with Gasteiger partial charge in [-0.15, -0.1) is 0 Å².